The number of carbonyl (C=O) groups excluding carboxylic acids is 1. The van der Waals surface area contributed by atoms with E-state index in [1.165, 1.54) is 14.2 Å². The second kappa shape index (κ2) is 8.13. The molecule has 1 fully saturated rings. The zero-order chi connectivity index (χ0) is 18.5. The van der Waals surface area contributed by atoms with Crippen LogP contribution in [-0.2, 0) is 11.3 Å². The summed E-state index contributed by atoms with van der Waals surface area (Å²) in [6, 6.07) is 3.31. The van der Waals surface area contributed by atoms with Gasteiger partial charge in [0.1, 0.15) is 12.2 Å². The topological polar surface area (TPSA) is 99.8 Å². The Hall–Kier alpha value is -2.68. The van der Waals surface area contributed by atoms with E-state index in [9.17, 15) is 4.79 Å². The predicted octanol–water partition coefficient (Wildman–Crippen LogP) is 1.65. The lowest BCUT2D eigenvalue weighted by Crippen LogP contribution is -2.39. The van der Waals surface area contributed by atoms with E-state index in [4.69, 9.17) is 18.7 Å². The Morgan fingerprint density at radius 2 is 2.12 bits per heavy atom. The molecule has 0 spiro atoms. The van der Waals surface area contributed by atoms with Gasteiger partial charge in [0.15, 0.2) is 5.82 Å². The van der Waals surface area contributed by atoms with Crippen molar-refractivity contribution in [1.29, 1.82) is 0 Å². The lowest BCUT2D eigenvalue weighted by atomic mass is 9.97. The number of ether oxygens (including phenoxy) is 3. The van der Waals surface area contributed by atoms with Crippen LogP contribution >= 0.6 is 0 Å². The summed E-state index contributed by atoms with van der Waals surface area (Å²) in [7, 11) is 4.57. The lowest BCUT2D eigenvalue weighted by molar-refractivity contribution is 0.0699. The molecule has 0 bridgehead atoms. The zero-order valence-electron chi connectivity index (χ0n) is 15.1. The van der Waals surface area contributed by atoms with Crippen molar-refractivity contribution in [1.82, 2.24) is 20.0 Å². The molecule has 0 aromatic carbocycles. The van der Waals surface area contributed by atoms with Gasteiger partial charge in [-0.1, -0.05) is 5.16 Å². The van der Waals surface area contributed by atoms with E-state index in [2.05, 4.69) is 15.1 Å². The second-order valence-corrected chi connectivity index (χ2v) is 5.98. The van der Waals surface area contributed by atoms with Crippen LogP contribution in [0.15, 0.2) is 16.7 Å². The summed E-state index contributed by atoms with van der Waals surface area (Å²) < 4.78 is 20.5. The van der Waals surface area contributed by atoms with Crippen molar-refractivity contribution >= 4 is 5.91 Å². The molecule has 1 amide bonds. The first-order valence-electron chi connectivity index (χ1n) is 8.36. The van der Waals surface area contributed by atoms with Crippen molar-refractivity contribution in [2.45, 2.75) is 25.4 Å². The third-order valence-corrected chi connectivity index (χ3v) is 4.29. The fraction of sp³-hybridized carbons (Fsp3) is 0.529. The number of pyridine rings is 1. The summed E-state index contributed by atoms with van der Waals surface area (Å²) in [4.78, 5) is 23.2. The zero-order valence-corrected chi connectivity index (χ0v) is 15.1. The van der Waals surface area contributed by atoms with Gasteiger partial charge in [-0.25, -0.2) is 0 Å². The summed E-state index contributed by atoms with van der Waals surface area (Å²) in [5.74, 6) is 1.58. The minimum absolute atomic E-state index is 0.0271. The molecular weight excluding hydrogens is 340 g/mol. The molecular formula is C17H22N4O5. The number of methoxy groups -OCH3 is 3. The number of likely N-dealkylation sites (tertiary alicyclic amines) is 1. The van der Waals surface area contributed by atoms with Gasteiger partial charge in [-0.15, -0.1) is 0 Å². The van der Waals surface area contributed by atoms with Gasteiger partial charge < -0.3 is 23.6 Å². The Bertz CT molecular complexity index is 763. The van der Waals surface area contributed by atoms with Gasteiger partial charge in [-0.05, 0) is 18.9 Å². The van der Waals surface area contributed by atoms with E-state index in [1.807, 2.05) is 0 Å². The minimum Gasteiger partial charge on any atom is -0.481 e. The number of carbonyl (C=O) groups is 1. The van der Waals surface area contributed by atoms with Crippen molar-refractivity contribution in [2.75, 3.05) is 34.4 Å². The first kappa shape index (κ1) is 18.1. The molecule has 3 rings (SSSR count). The van der Waals surface area contributed by atoms with E-state index < -0.39 is 0 Å². The third-order valence-electron chi connectivity index (χ3n) is 4.29. The largest absolute Gasteiger partial charge is 0.481 e. The van der Waals surface area contributed by atoms with Crippen LogP contribution in [-0.4, -0.2) is 60.4 Å². The number of hydrogen-bond donors (Lipinski definition) is 0. The minimum atomic E-state index is -0.137. The Balaban J connectivity index is 1.75. The molecule has 1 unspecified atom stereocenters. The standard InChI is InChI=1S/C17H22N4O5/c1-23-10-14-18-15(20-26-14)11-5-4-8-21(9-11)17(22)12-6-7-13(24-2)19-16(12)25-3/h6-7,11H,4-5,8-10H2,1-3H3. The van der Waals surface area contributed by atoms with Crippen LogP contribution in [0, 0.1) is 0 Å². The predicted molar refractivity (Wildman–Crippen MR) is 90.2 cm³/mol. The molecule has 0 aliphatic carbocycles. The molecule has 140 valence electrons. The van der Waals surface area contributed by atoms with Crippen LogP contribution in [0.1, 0.15) is 40.8 Å². The molecule has 2 aromatic rings. The third kappa shape index (κ3) is 3.77. The monoisotopic (exact) mass is 362 g/mol. The molecule has 26 heavy (non-hydrogen) atoms. The molecule has 0 N–H and O–H groups in total. The molecule has 9 nitrogen and oxygen atoms in total. The van der Waals surface area contributed by atoms with Crippen LogP contribution in [0.5, 0.6) is 11.8 Å². The summed E-state index contributed by atoms with van der Waals surface area (Å²) >= 11 is 0. The summed E-state index contributed by atoms with van der Waals surface area (Å²) in [5.41, 5.74) is 0.405. The molecule has 1 saturated heterocycles. The van der Waals surface area contributed by atoms with Gasteiger partial charge in [0.25, 0.3) is 11.8 Å². The van der Waals surface area contributed by atoms with Crippen LogP contribution in [0.3, 0.4) is 0 Å². The lowest BCUT2D eigenvalue weighted by Gasteiger charge is -2.31. The molecule has 1 atom stereocenters. The van der Waals surface area contributed by atoms with Gasteiger partial charge in [0.2, 0.25) is 11.8 Å². The van der Waals surface area contributed by atoms with E-state index in [0.717, 1.165) is 12.8 Å². The van der Waals surface area contributed by atoms with Crippen molar-refractivity contribution in [3.05, 3.63) is 29.4 Å². The number of amides is 1. The molecule has 3 heterocycles. The summed E-state index contributed by atoms with van der Waals surface area (Å²) in [5, 5.41) is 4.02. The van der Waals surface area contributed by atoms with Crippen LogP contribution in [0.2, 0.25) is 0 Å². The van der Waals surface area contributed by atoms with Gasteiger partial charge in [-0.2, -0.15) is 9.97 Å². The van der Waals surface area contributed by atoms with E-state index >= 15 is 0 Å². The fourth-order valence-corrected chi connectivity index (χ4v) is 3.01. The summed E-state index contributed by atoms with van der Waals surface area (Å²) in [6.45, 7) is 1.45. The second-order valence-electron chi connectivity index (χ2n) is 5.98. The maximum atomic E-state index is 12.9. The van der Waals surface area contributed by atoms with Crippen LogP contribution in [0.25, 0.3) is 0 Å². The van der Waals surface area contributed by atoms with E-state index in [0.29, 0.717) is 36.2 Å². The molecule has 1 aliphatic rings. The number of rotatable bonds is 6. The van der Waals surface area contributed by atoms with Gasteiger partial charge >= 0.3 is 0 Å². The highest BCUT2D eigenvalue weighted by molar-refractivity contribution is 5.96. The van der Waals surface area contributed by atoms with E-state index in [-0.39, 0.29) is 24.3 Å². The fourth-order valence-electron chi connectivity index (χ4n) is 3.01. The molecule has 1 aliphatic heterocycles. The average Bonchev–Trinajstić information content (AvgIpc) is 3.16. The summed E-state index contributed by atoms with van der Waals surface area (Å²) in [6.07, 6.45) is 1.75. The number of piperidine rings is 1. The number of hydrogen-bond acceptors (Lipinski definition) is 8. The highest BCUT2D eigenvalue weighted by Crippen LogP contribution is 2.28. The van der Waals surface area contributed by atoms with Gasteiger partial charge in [-0.3, -0.25) is 4.79 Å². The van der Waals surface area contributed by atoms with Crippen molar-refractivity contribution < 1.29 is 23.5 Å². The Morgan fingerprint density at radius 1 is 1.27 bits per heavy atom. The first-order chi connectivity index (χ1) is 12.7. The number of aromatic nitrogens is 3. The first-order valence-corrected chi connectivity index (χ1v) is 8.36. The highest BCUT2D eigenvalue weighted by atomic mass is 16.5. The van der Waals surface area contributed by atoms with Crippen LogP contribution in [0.4, 0.5) is 0 Å². The molecule has 9 heteroatoms. The number of nitrogens with zero attached hydrogens (tertiary/aromatic N) is 4. The SMILES string of the molecule is COCc1nc(C2CCCN(C(=O)c3ccc(OC)nc3OC)C2)no1. The average molecular weight is 362 g/mol. The van der Waals surface area contributed by atoms with Crippen molar-refractivity contribution in [3.8, 4) is 11.8 Å². The normalized spacial score (nSPS) is 17.2. The van der Waals surface area contributed by atoms with Crippen molar-refractivity contribution in [2.24, 2.45) is 0 Å². The Morgan fingerprint density at radius 3 is 2.85 bits per heavy atom. The quantitative estimate of drug-likeness (QED) is 0.765. The van der Waals surface area contributed by atoms with E-state index in [1.54, 1.807) is 24.1 Å². The van der Waals surface area contributed by atoms with Crippen LogP contribution < -0.4 is 9.47 Å². The van der Waals surface area contributed by atoms with Crippen molar-refractivity contribution in [3.63, 3.8) is 0 Å². The smallest absolute Gasteiger partial charge is 0.259 e. The maximum Gasteiger partial charge on any atom is 0.259 e. The Labute approximate surface area is 151 Å². The molecule has 0 saturated carbocycles. The van der Waals surface area contributed by atoms with Gasteiger partial charge in [0, 0.05) is 32.2 Å². The highest BCUT2D eigenvalue weighted by Gasteiger charge is 2.30. The molecule has 0 radical (unpaired) electrons. The maximum absolute atomic E-state index is 12.9. The van der Waals surface area contributed by atoms with Gasteiger partial charge in [0.05, 0.1) is 14.2 Å². The Kier molecular flexibility index (Phi) is 5.67. The molecule has 2 aromatic heterocycles.